The molecule has 2 aromatic rings. The van der Waals surface area contributed by atoms with Crippen LogP contribution in [0.1, 0.15) is 16.6 Å². The number of anilines is 1. The highest BCUT2D eigenvalue weighted by molar-refractivity contribution is 7.11. The molecule has 4 heterocycles. The molecule has 136 valence electrons. The van der Waals surface area contributed by atoms with Crippen LogP contribution in [0.4, 0.5) is 5.82 Å². The van der Waals surface area contributed by atoms with Crippen LogP contribution in [0.2, 0.25) is 0 Å². The zero-order valence-electron chi connectivity index (χ0n) is 14.4. The fourth-order valence-electron chi connectivity index (χ4n) is 3.83. The van der Waals surface area contributed by atoms with Crippen LogP contribution in [0.5, 0.6) is 0 Å². The van der Waals surface area contributed by atoms with Gasteiger partial charge < -0.3 is 14.5 Å². The maximum Gasteiger partial charge on any atom is 0.311 e. The highest BCUT2D eigenvalue weighted by Crippen LogP contribution is 2.46. The lowest BCUT2D eigenvalue weighted by Gasteiger charge is -2.50. The van der Waals surface area contributed by atoms with Gasteiger partial charge in [0.05, 0.1) is 24.2 Å². The lowest BCUT2D eigenvalue weighted by atomic mass is 9.71. The van der Waals surface area contributed by atoms with Gasteiger partial charge in [-0.15, -0.1) is 16.4 Å². The fourth-order valence-corrected chi connectivity index (χ4v) is 4.41. The summed E-state index contributed by atoms with van der Waals surface area (Å²) < 4.78 is 5.28. The summed E-state index contributed by atoms with van der Waals surface area (Å²) in [5.41, 5.74) is 1.34. The quantitative estimate of drug-likeness (QED) is 0.741. The highest BCUT2D eigenvalue weighted by atomic mass is 32.1. The molecule has 0 bridgehead atoms. The molecule has 1 unspecified atom stereocenters. The van der Waals surface area contributed by atoms with E-state index >= 15 is 0 Å². The van der Waals surface area contributed by atoms with Crippen molar-refractivity contribution in [1.29, 1.82) is 0 Å². The molecule has 0 radical (unpaired) electrons. The van der Waals surface area contributed by atoms with E-state index < -0.39 is 0 Å². The molecule has 26 heavy (non-hydrogen) atoms. The third-order valence-corrected chi connectivity index (χ3v) is 5.80. The van der Waals surface area contributed by atoms with Crippen molar-refractivity contribution in [2.45, 2.75) is 6.92 Å². The Bertz CT molecular complexity index is 792. The van der Waals surface area contributed by atoms with Gasteiger partial charge in [0, 0.05) is 37.8 Å². The van der Waals surface area contributed by atoms with Crippen molar-refractivity contribution in [2.24, 2.45) is 11.3 Å². The second kappa shape index (κ2) is 6.64. The Hall–Kier alpha value is -2.55. The Kier molecular flexibility index (Phi) is 4.31. The summed E-state index contributed by atoms with van der Waals surface area (Å²) in [7, 11) is 0. The minimum Gasteiger partial charge on any atom is -0.466 e. The molecule has 2 aliphatic rings. The number of rotatable bonds is 4. The van der Waals surface area contributed by atoms with Crippen molar-refractivity contribution in [3.8, 4) is 0 Å². The summed E-state index contributed by atoms with van der Waals surface area (Å²) in [5, 5.41) is 8.04. The zero-order chi connectivity index (χ0) is 18.1. The van der Waals surface area contributed by atoms with Crippen molar-refractivity contribution >= 4 is 29.0 Å². The SMILES string of the molecule is CCOC(=O)C1CN(C(=O)c2cncs2)CC12CN(c1cccnn1)C2. The first-order valence-corrected chi connectivity index (χ1v) is 9.38. The minimum absolute atomic E-state index is 0.0726. The second-order valence-electron chi connectivity index (χ2n) is 6.66. The van der Waals surface area contributed by atoms with Gasteiger partial charge in [-0.1, -0.05) is 0 Å². The normalized spacial score (nSPS) is 20.9. The Morgan fingerprint density at radius 3 is 2.88 bits per heavy atom. The summed E-state index contributed by atoms with van der Waals surface area (Å²) >= 11 is 1.31. The number of ether oxygens (including phenoxy) is 1. The van der Waals surface area contributed by atoms with Crippen LogP contribution in [-0.2, 0) is 9.53 Å². The van der Waals surface area contributed by atoms with Gasteiger partial charge in [-0.2, -0.15) is 5.10 Å². The topological polar surface area (TPSA) is 88.5 Å². The van der Waals surface area contributed by atoms with Crippen LogP contribution in [-0.4, -0.2) is 64.7 Å². The molecular formula is C17H19N5O3S. The third-order valence-electron chi connectivity index (χ3n) is 5.04. The molecular weight excluding hydrogens is 354 g/mol. The predicted octanol–water partition coefficient (Wildman–Crippen LogP) is 1.07. The molecule has 2 saturated heterocycles. The molecule has 1 spiro atoms. The monoisotopic (exact) mass is 373 g/mol. The van der Waals surface area contributed by atoms with E-state index in [9.17, 15) is 9.59 Å². The fraction of sp³-hybridized carbons (Fsp3) is 0.471. The van der Waals surface area contributed by atoms with Gasteiger partial charge in [0.15, 0.2) is 5.82 Å². The molecule has 4 rings (SSSR count). The minimum atomic E-state index is -0.327. The number of nitrogens with zero attached hydrogens (tertiary/aromatic N) is 5. The molecule has 2 fully saturated rings. The van der Waals surface area contributed by atoms with Crippen LogP contribution in [0.15, 0.2) is 30.0 Å². The van der Waals surface area contributed by atoms with Crippen LogP contribution in [0.25, 0.3) is 0 Å². The maximum absolute atomic E-state index is 12.7. The van der Waals surface area contributed by atoms with Gasteiger partial charge in [-0.25, -0.2) is 0 Å². The Labute approximate surface area is 154 Å². The van der Waals surface area contributed by atoms with Gasteiger partial charge in [0.25, 0.3) is 5.91 Å². The smallest absolute Gasteiger partial charge is 0.311 e. The van der Waals surface area contributed by atoms with Gasteiger partial charge in [-0.05, 0) is 19.1 Å². The Morgan fingerprint density at radius 2 is 2.23 bits per heavy atom. The standard InChI is InChI=1S/C17H19N5O3S/c1-2-25-16(24)12-7-21(15(23)13-6-18-11-26-13)8-17(12)9-22(10-17)14-4-3-5-19-20-14/h3-6,11-12H,2,7-10H2,1H3. The van der Waals surface area contributed by atoms with Gasteiger partial charge >= 0.3 is 5.97 Å². The average molecular weight is 373 g/mol. The first kappa shape index (κ1) is 16.9. The van der Waals surface area contributed by atoms with E-state index in [0.29, 0.717) is 37.7 Å². The van der Waals surface area contributed by atoms with E-state index in [-0.39, 0.29) is 23.2 Å². The molecule has 8 nitrogen and oxygen atoms in total. The van der Waals surface area contributed by atoms with Crippen molar-refractivity contribution in [1.82, 2.24) is 20.1 Å². The number of thiazole rings is 1. The number of aromatic nitrogens is 3. The van der Waals surface area contributed by atoms with Gasteiger partial charge in [-0.3, -0.25) is 14.6 Å². The molecule has 0 aliphatic carbocycles. The number of esters is 1. The Morgan fingerprint density at radius 1 is 1.38 bits per heavy atom. The van der Waals surface area contributed by atoms with Crippen molar-refractivity contribution in [3.63, 3.8) is 0 Å². The first-order chi connectivity index (χ1) is 12.6. The largest absolute Gasteiger partial charge is 0.466 e. The van der Waals surface area contributed by atoms with Crippen LogP contribution >= 0.6 is 11.3 Å². The molecule has 2 aromatic heterocycles. The van der Waals surface area contributed by atoms with E-state index in [1.807, 2.05) is 12.1 Å². The summed E-state index contributed by atoms with van der Waals surface area (Å²) in [6.07, 6.45) is 3.20. The summed E-state index contributed by atoms with van der Waals surface area (Å²) in [6.45, 7) is 4.35. The number of carbonyl (C=O) groups excluding carboxylic acids is 2. The van der Waals surface area contributed by atoms with Crippen molar-refractivity contribution in [3.05, 3.63) is 34.9 Å². The summed E-state index contributed by atoms with van der Waals surface area (Å²) in [6, 6.07) is 3.73. The van der Waals surface area contributed by atoms with Gasteiger partial charge in [0.1, 0.15) is 4.88 Å². The molecule has 9 heteroatoms. The molecule has 2 aliphatic heterocycles. The predicted molar refractivity (Wildman–Crippen MR) is 94.8 cm³/mol. The number of likely N-dealkylation sites (tertiary alicyclic amines) is 1. The number of amides is 1. The van der Waals surface area contributed by atoms with Crippen molar-refractivity contribution < 1.29 is 14.3 Å². The van der Waals surface area contributed by atoms with E-state index in [4.69, 9.17) is 4.74 Å². The molecule has 0 saturated carbocycles. The van der Waals surface area contributed by atoms with Crippen LogP contribution in [0, 0.1) is 11.3 Å². The van der Waals surface area contributed by atoms with E-state index in [1.54, 1.807) is 29.7 Å². The maximum atomic E-state index is 12.7. The number of hydrogen-bond acceptors (Lipinski definition) is 8. The van der Waals surface area contributed by atoms with E-state index in [0.717, 1.165) is 5.82 Å². The first-order valence-electron chi connectivity index (χ1n) is 8.50. The zero-order valence-corrected chi connectivity index (χ0v) is 15.2. The summed E-state index contributed by atoms with van der Waals surface area (Å²) in [4.78, 5) is 33.7. The van der Waals surface area contributed by atoms with E-state index in [2.05, 4.69) is 20.1 Å². The average Bonchev–Trinajstić information content (AvgIpc) is 3.29. The molecule has 1 atom stereocenters. The number of carbonyl (C=O) groups is 2. The van der Waals surface area contributed by atoms with Crippen LogP contribution < -0.4 is 4.90 Å². The van der Waals surface area contributed by atoms with Crippen LogP contribution in [0.3, 0.4) is 0 Å². The third kappa shape index (κ3) is 2.82. The second-order valence-corrected chi connectivity index (χ2v) is 7.54. The lowest BCUT2D eigenvalue weighted by molar-refractivity contribution is -0.151. The lowest BCUT2D eigenvalue weighted by Crippen LogP contribution is -2.62. The van der Waals surface area contributed by atoms with E-state index in [1.165, 1.54) is 11.3 Å². The highest BCUT2D eigenvalue weighted by Gasteiger charge is 2.58. The summed E-state index contributed by atoms with van der Waals surface area (Å²) in [5.74, 6) is 0.155. The molecule has 1 amide bonds. The molecule has 0 N–H and O–H groups in total. The Balaban J connectivity index is 1.54. The van der Waals surface area contributed by atoms with Gasteiger partial charge in [0.2, 0.25) is 0 Å². The number of hydrogen-bond donors (Lipinski definition) is 0. The molecule has 0 aromatic carbocycles. The van der Waals surface area contributed by atoms with Crippen molar-refractivity contribution in [2.75, 3.05) is 37.7 Å².